The number of halogens is 1. The van der Waals surface area contributed by atoms with Gasteiger partial charge in [-0.3, -0.25) is 14.5 Å². The Bertz CT molecular complexity index is 895. The van der Waals surface area contributed by atoms with Gasteiger partial charge < -0.3 is 15.4 Å². The fourth-order valence-corrected chi connectivity index (χ4v) is 3.13. The molecule has 6 nitrogen and oxygen atoms in total. The molecule has 0 radical (unpaired) electrons. The van der Waals surface area contributed by atoms with Gasteiger partial charge in [0, 0.05) is 43.0 Å². The van der Waals surface area contributed by atoms with Crippen LogP contribution in [0.3, 0.4) is 0 Å². The van der Waals surface area contributed by atoms with Crippen molar-refractivity contribution in [2.24, 2.45) is 0 Å². The predicted octanol–water partition coefficient (Wildman–Crippen LogP) is 2.76. The number of hydrogen-bond acceptors (Lipinski definition) is 4. The van der Waals surface area contributed by atoms with Crippen molar-refractivity contribution < 1.29 is 18.7 Å². The molecule has 0 unspecified atom stereocenters. The number of anilines is 1. The van der Waals surface area contributed by atoms with Gasteiger partial charge in [-0.15, -0.1) is 0 Å². The minimum Gasteiger partial charge on any atom is -0.379 e. The summed E-state index contributed by atoms with van der Waals surface area (Å²) in [7, 11) is 0. The number of aryl methyl sites for hydroxylation is 2. The van der Waals surface area contributed by atoms with Gasteiger partial charge in [0.25, 0.3) is 11.8 Å². The number of nitrogens with one attached hydrogen (secondary N) is 2. The predicted molar refractivity (Wildman–Crippen MR) is 110 cm³/mol. The number of nitrogens with zero attached hydrogens (tertiary/aromatic N) is 1. The molecule has 29 heavy (non-hydrogen) atoms. The third-order valence-corrected chi connectivity index (χ3v) is 4.99. The Labute approximate surface area is 170 Å². The maximum absolute atomic E-state index is 13.4. The summed E-state index contributed by atoms with van der Waals surface area (Å²) in [6.07, 6.45) is 0. The Morgan fingerprint density at radius 2 is 1.69 bits per heavy atom. The normalized spacial score (nSPS) is 14.4. The first-order valence-electron chi connectivity index (χ1n) is 9.70. The van der Waals surface area contributed by atoms with Crippen molar-refractivity contribution in [3.63, 3.8) is 0 Å². The Hall–Kier alpha value is -2.77. The average Bonchev–Trinajstić information content (AvgIpc) is 2.72. The fourth-order valence-electron chi connectivity index (χ4n) is 3.13. The van der Waals surface area contributed by atoms with E-state index < -0.39 is 0 Å². The molecule has 3 rings (SSSR count). The SMILES string of the molecule is Cc1cc(C(=O)Nc2cc(C(=O)NCCN3CCOCC3)ccc2C)ccc1F. The highest BCUT2D eigenvalue weighted by Crippen LogP contribution is 2.19. The van der Waals surface area contributed by atoms with Crippen molar-refractivity contribution >= 4 is 17.5 Å². The van der Waals surface area contributed by atoms with Gasteiger partial charge in [0.05, 0.1) is 13.2 Å². The number of carbonyl (C=O) groups excluding carboxylic acids is 2. The number of amides is 2. The summed E-state index contributed by atoms with van der Waals surface area (Å²) in [6, 6.07) is 9.40. The molecule has 2 aromatic rings. The third kappa shape index (κ3) is 5.62. The van der Waals surface area contributed by atoms with E-state index in [1.54, 1.807) is 25.1 Å². The van der Waals surface area contributed by atoms with Crippen LogP contribution in [-0.2, 0) is 4.74 Å². The van der Waals surface area contributed by atoms with Crippen molar-refractivity contribution in [3.8, 4) is 0 Å². The molecule has 0 saturated carbocycles. The standard InChI is InChI=1S/C22H26FN3O3/c1-15-3-4-18(21(27)24-7-8-26-9-11-29-12-10-26)14-20(15)25-22(28)17-5-6-19(23)16(2)13-17/h3-6,13-14H,7-12H2,1-2H3,(H,24,27)(H,25,28). The van der Waals surface area contributed by atoms with Crippen molar-refractivity contribution in [1.29, 1.82) is 0 Å². The second-order valence-corrected chi connectivity index (χ2v) is 7.16. The minimum atomic E-state index is -0.353. The molecule has 1 aliphatic rings. The van der Waals surface area contributed by atoms with Gasteiger partial charge in [0.1, 0.15) is 5.82 Å². The van der Waals surface area contributed by atoms with Gasteiger partial charge in [-0.25, -0.2) is 4.39 Å². The smallest absolute Gasteiger partial charge is 0.255 e. The lowest BCUT2D eigenvalue weighted by molar-refractivity contribution is 0.0383. The zero-order valence-corrected chi connectivity index (χ0v) is 16.8. The molecule has 1 heterocycles. The van der Waals surface area contributed by atoms with E-state index >= 15 is 0 Å². The van der Waals surface area contributed by atoms with E-state index in [1.807, 2.05) is 6.92 Å². The number of carbonyl (C=O) groups is 2. The van der Waals surface area contributed by atoms with Crippen molar-refractivity contribution in [3.05, 3.63) is 64.5 Å². The van der Waals surface area contributed by atoms with Crippen molar-refractivity contribution in [1.82, 2.24) is 10.2 Å². The van der Waals surface area contributed by atoms with Crippen LogP contribution in [0.15, 0.2) is 36.4 Å². The molecule has 2 amide bonds. The third-order valence-electron chi connectivity index (χ3n) is 4.99. The Kier molecular flexibility index (Phi) is 6.95. The van der Waals surface area contributed by atoms with Crippen molar-refractivity contribution in [2.45, 2.75) is 13.8 Å². The van der Waals surface area contributed by atoms with E-state index in [0.717, 1.165) is 38.4 Å². The second-order valence-electron chi connectivity index (χ2n) is 7.16. The molecule has 0 aliphatic carbocycles. The van der Waals surface area contributed by atoms with E-state index in [-0.39, 0.29) is 17.6 Å². The molecule has 0 aromatic heterocycles. The molecule has 1 saturated heterocycles. The Balaban J connectivity index is 1.61. The number of morpholine rings is 1. The molecule has 7 heteroatoms. The van der Waals surface area contributed by atoms with Crippen LogP contribution in [0, 0.1) is 19.7 Å². The van der Waals surface area contributed by atoms with Gasteiger partial charge in [-0.05, 0) is 55.3 Å². The van der Waals surface area contributed by atoms with E-state index in [4.69, 9.17) is 4.74 Å². The summed E-state index contributed by atoms with van der Waals surface area (Å²) in [4.78, 5) is 27.2. The van der Waals surface area contributed by atoms with Gasteiger partial charge in [-0.1, -0.05) is 6.07 Å². The maximum atomic E-state index is 13.4. The van der Waals surface area contributed by atoms with Crippen LogP contribution in [0.2, 0.25) is 0 Å². The minimum absolute atomic E-state index is 0.189. The van der Waals surface area contributed by atoms with Gasteiger partial charge in [0.2, 0.25) is 0 Å². The lowest BCUT2D eigenvalue weighted by Crippen LogP contribution is -2.41. The molecular formula is C22H26FN3O3. The lowest BCUT2D eigenvalue weighted by atomic mass is 10.1. The largest absolute Gasteiger partial charge is 0.379 e. The number of benzene rings is 2. The van der Waals surface area contributed by atoms with Crippen LogP contribution >= 0.6 is 0 Å². The molecule has 0 spiro atoms. The maximum Gasteiger partial charge on any atom is 0.255 e. The molecule has 0 bridgehead atoms. The average molecular weight is 399 g/mol. The summed E-state index contributed by atoms with van der Waals surface area (Å²) < 4.78 is 18.7. The van der Waals surface area contributed by atoms with Crippen LogP contribution < -0.4 is 10.6 Å². The van der Waals surface area contributed by atoms with Gasteiger partial charge in [-0.2, -0.15) is 0 Å². The molecule has 0 atom stereocenters. The lowest BCUT2D eigenvalue weighted by Gasteiger charge is -2.26. The summed E-state index contributed by atoms with van der Waals surface area (Å²) in [5.74, 6) is -0.888. The zero-order valence-electron chi connectivity index (χ0n) is 16.8. The number of hydrogen-bond donors (Lipinski definition) is 2. The quantitative estimate of drug-likeness (QED) is 0.784. The number of ether oxygens (including phenoxy) is 1. The first kappa shape index (κ1) is 21.0. The van der Waals surface area contributed by atoms with E-state index in [2.05, 4.69) is 15.5 Å². The van der Waals surface area contributed by atoms with E-state index in [0.29, 0.717) is 28.9 Å². The first-order valence-corrected chi connectivity index (χ1v) is 9.70. The summed E-state index contributed by atoms with van der Waals surface area (Å²) in [6.45, 7) is 7.98. The topological polar surface area (TPSA) is 70.7 Å². The fraction of sp³-hybridized carbons (Fsp3) is 0.364. The molecule has 2 aromatic carbocycles. The van der Waals surface area contributed by atoms with Crippen LogP contribution in [0.1, 0.15) is 31.8 Å². The molecular weight excluding hydrogens is 373 g/mol. The van der Waals surface area contributed by atoms with Crippen LogP contribution in [0.25, 0.3) is 0 Å². The van der Waals surface area contributed by atoms with E-state index in [1.165, 1.54) is 18.2 Å². The Morgan fingerprint density at radius 1 is 1.00 bits per heavy atom. The zero-order chi connectivity index (χ0) is 20.8. The highest BCUT2D eigenvalue weighted by atomic mass is 19.1. The van der Waals surface area contributed by atoms with Gasteiger partial charge in [0.15, 0.2) is 0 Å². The molecule has 1 aliphatic heterocycles. The second kappa shape index (κ2) is 9.62. The Morgan fingerprint density at radius 3 is 2.41 bits per heavy atom. The highest BCUT2D eigenvalue weighted by Gasteiger charge is 2.14. The van der Waals surface area contributed by atoms with Crippen LogP contribution in [0.4, 0.5) is 10.1 Å². The monoisotopic (exact) mass is 399 g/mol. The first-order chi connectivity index (χ1) is 13.9. The van der Waals surface area contributed by atoms with Crippen molar-refractivity contribution in [2.75, 3.05) is 44.7 Å². The summed E-state index contributed by atoms with van der Waals surface area (Å²) >= 11 is 0. The van der Waals surface area contributed by atoms with Gasteiger partial charge >= 0.3 is 0 Å². The molecule has 154 valence electrons. The summed E-state index contributed by atoms with van der Waals surface area (Å²) in [5.41, 5.74) is 2.63. The highest BCUT2D eigenvalue weighted by molar-refractivity contribution is 6.05. The van der Waals surface area contributed by atoms with Crippen LogP contribution in [-0.4, -0.2) is 56.1 Å². The van der Waals surface area contributed by atoms with E-state index in [9.17, 15) is 14.0 Å². The molecule has 1 fully saturated rings. The summed E-state index contributed by atoms with van der Waals surface area (Å²) in [5, 5.41) is 5.73. The number of rotatable bonds is 6. The molecule has 2 N–H and O–H groups in total. The van der Waals surface area contributed by atoms with Crippen LogP contribution in [0.5, 0.6) is 0 Å².